The lowest BCUT2D eigenvalue weighted by atomic mass is 9.93. The number of anilines is 2. The lowest BCUT2D eigenvalue weighted by molar-refractivity contribution is -0.137. The summed E-state index contributed by atoms with van der Waals surface area (Å²) in [7, 11) is -2.43. The van der Waals surface area contributed by atoms with E-state index in [1.807, 2.05) is 0 Å². The third-order valence-corrected chi connectivity index (χ3v) is 6.09. The number of alkyl halides is 3. The van der Waals surface area contributed by atoms with Crippen LogP contribution in [0.15, 0.2) is 60.7 Å². The minimum Gasteiger partial charge on any atom is -0.496 e. The van der Waals surface area contributed by atoms with Crippen LogP contribution in [0.2, 0.25) is 0 Å². The van der Waals surface area contributed by atoms with E-state index in [1.165, 1.54) is 42.5 Å². The quantitative estimate of drug-likeness (QED) is 0.252. The van der Waals surface area contributed by atoms with Crippen molar-refractivity contribution in [2.45, 2.75) is 6.18 Å². The number of carbonyl (C=O) groups excluding carboxylic acids is 1. The molecule has 0 aliphatic rings. The largest absolute Gasteiger partial charge is 0.496 e. The third kappa shape index (κ3) is 5.57. The maximum Gasteiger partial charge on any atom is 0.417 e. The van der Waals surface area contributed by atoms with Gasteiger partial charge in [0.2, 0.25) is 10.0 Å². The normalized spacial score (nSPS) is 11.8. The third-order valence-electron chi connectivity index (χ3n) is 5.49. The summed E-state index contributed by atoms with van der Waals surface area (Å²) in [6, 6.07) is 14.0. The molecule has 1 heterocycles. The number of carbonyl (C=O) groups is 2. The summed E-state index contributed by atoms with van der Waals surface area (Å²) in [5.74, 6) is -2.84. The lowest BCUT2D eigenvalue weighted by Crippen LogP contribution is -2.16. The highest BCUT2D eigenvalue weighted by Crippen LogP contribution is 2.43. The number of hydrogen-bond donors (Lipinski definition) is 4. The number of H-pyrrole nitrogens is 1. The van der Waals surface area contributed by atoms with E-state index in [-0.39, 0.29) is 16.9 Å². The van der Waals surface area contributed by atoms with Gasteiger partial charge in [0.1, 0.15) is 17.0 Å². The number of aromatic carboxylic acids is 1. The van der Waals surface area contributed by atoms with Crippen molar-refractivity contribution in [3.05, 3.63) is 77.5 Å². The number of aromatic amines is 1. The molecule has 3 aromatic carbocycles. The molecule has 0 unspecified atom stereocenters. The number of rotatable bonds is 7. The maximum absolute atomic E-state index is 14.0. The molecular weight excluding hydrogens is 527 g/mol. The second-order valence-electron chi connectivity index (χ2n) is 8.26. The molecule has 0 atom stereocenters. The van der Waals surface area contributed by atoms with Gasteiger partial charge in [0, 0.05) is 16.6 Å². The second kappa shape index (κ2) is 9.74. The average Bonchev–Trinajstić information content (AvgIpc) is 3.25. The van der Waals surface area contributed by atoms with Gasteiger partial charge in [-0.1, -0.05) is 24.3 Å². The smallest absolute Gasteiger partial charge is 0.417 e. The lowest BCUT2D eigenvalue weighted by Gasteiger charge is -2.18. The molecule has 0 aliphatic heterocycles. The van der Waals surface area contributed by atoms with Crippen LogP contribution in [0.3, 0.4) is 0 Å². The fraction of sp³-hybridized carbons (Fsp3) is 0.120. The maximum atomic E-state index is 14.0. The van der Waals surface area contributed by atoms with Crippen molar-refractivity contribution >= 4 is 44.2 Å². The van der Waals surface area contributed by atoms with Gasteiger partial charge in [-0.2, -0.15) is 13.2 Å². The number of sulfonamides is 1. The van der Waals surface area contributed by atoms with Gasteiger partial charge >= 0.3 is 12.1 Å². The number of fused-ring (bicyclic) bond motifs is 1. The van der Waals surface area contributed by atoms with E-state index < -0.39 is 50.5 Å². The molecule has 13 heteroatoms. The molecule has 198 valence electrons. The van der Waals surface area contributed by atoms with Gasteiger partial charge in [-0.3, -0.25) is 9.52 Å². The Bertz CT molecular complexity index is 1680. The number of aromatic nitrogens is 1. The monoisotopic (exact) mass is 547 g/mol. The van der Waals surface area contributed by atoms with E-state index in [0.29, 0.717) is 16.6 Å². The highest BCUT2D eigenvalue weighted by atomic mass is 32.2. The van der Waals surface area contributed by atoms with Gasteiger partial charge in [-0.05, 0) is 47.5 Å². The van der Waals surface area contributed by atoms with Crippen molar-refractivity contribution in [1.29, 1.82) is 0 Å². The first-order valence-corrected chi connectivity index (χ1v) is 12.7. The number of halogens is 3. The van der Waals surface area contributed by atoms with Crippen LogP contribution in [-0.4, -0.2) is 43.8 Å². The fourth-order valence-electron chi connectivity index (χ4n) is 3.99. The Morgan fingerprint density at radius 2 is 1.74 bits per heavy atom. The first kappa shape index (κ1) is 26.5. The van der Waals surface area contributed by atoms with E-state index >= 15 is 0 Å². The molecule has 9 nitrogen and oxygen atoms in total. The Morgan fingerprint density at radius 3 is 2.37 bits per heavy atom. The van der Waals surface area contributed by atoms with Crippen LogP contribution < -0.4 is 14.8 Å². The molecule has 0 saturated heterocycles. The summed E-state index contributed by atoms with van der Waals surface area (Å²) in [5, 5.41) is 12.7. The SMILES string of the molecule is COc1ccc(-c2cccc(NC(=O)c3cc4ccc(NS(C)(=O)=O)cc4[nH]3)c2)c(C(F)(F)F)c1C(=O)O. The fourth-order valence-corrected chi connectivity index (χ4v) is 4.55. The number of carboxylic acid groups (broad SMARTS) is 1. The summed E-state index contributed by atoms with van der Waals surface area (Å²) >= 11 is 0. The number of carboxylic acids is 1. The topological polar surface area (TPSA) is 138 Å². The van der Waals surface area contributed by atoms with Gasteiger partial charge in [-0.25, -0.2) is 13.2 Å². The van der Waals surface area contributed by atoms with Gasteiger partial charge in [0.25, 0.3) is 5.91 Å². The zero-order valence-electron chi connectivity index (χ0n) is 19.8. The highest BCUT2D eigenvalue weighted by molar-refractivity contribution is 7.92. The van der Waals surface area contributed by atoms with Gasteiger partial charge < -0.3 is 20.1 Å². The van der Waals surface area contributed by atoms with Gasteiger partial charge in [0.15, 0.2) is 0 Å². The Labute approximate surface area is 214 Å². The van der Waals surface area contributed by atoms with Gasteiger partial charge in [0.05, 0.1) is 24.6 Å². The van der Waals surface area contributed by atoms with Crippen LogP contribution in [0, 0.1) is 0 Å². The number of hydrogen-bond acceptors (Lipinski definition) is 5. The van der Waals surface area contributed by atoms with E-state index in [4.69, 9.17) is 4.74 Å². The first-order valence-electron chi connectivity index (χ1n) is 10.8. The van der Waals surface area contributed by atoms with Gasteiger partial charge in [-0.15, -0.1) is 0 Å². The van der Waals surface area contributed by atoms with Crippen molar-refractivity contribution in [2.24, 2.45) is 0 Å². The van der Waals surface area contributed by atoms with Crippen molar-refractivity contribution in [2.75, 3.05) is 23.4 Å². The van der Waals surface area contributed by atoms with Crippen LogP contribution in [0.1, 0.15) is 26.4 Å². The molecule has 1 aromatic heterocycles. The Hall–Kier alpha value is -4.52. The molecular formula is C25H20F3N3O6S. The van der Waals surface area contributed by atoms with E-state index in [9.17, 15) is 36.3 Å². The predicted octanol–water partition coefficient (Wildman–Crippen LogP) is 5.18. The molecule has 4 N–H and O–H groups in total. The zero-order valence-corrected chi connectivity index (χ0v) is 20.6. The molecule has 0 spiro atoms. The van der Waals surface area contributed by atoms with Crippen LogP contribution in [0.4, 0.5) is 24.5 Å². The predicted molar refractivity (Wildman–Crippen MR) is 135 cm³/mol. The van der Waals surface area contributed by atoms with Crippen LogP contribution in [-0.2, 0) is 16.2 Å². The molecule has 4 rings (SSSR count). The average molecular weight is 548 g/mol. The van der Waals surface area contributed by atoms with E-state index in [2.05, 4.69) is 15.0 Å². The standard InChI is InChI=1S/C25H20F3N3O6S/c1-37-20-9-8-17(22(25(26,27)28)21(20)24(33)34)13-4-3-5-15(10-13)29-23(32)19-11-14-6-7-16(12-18(14)30-19)31-38(2,35)36/h3-12,30-31H,1-2H3,(H,29,32)(H,33,34). The second-order valence-corrected chi connectivity index (χ2v) is 10.0. The first-order chi connectivity index (χ1) is 17.8. The summed E-state index contributed by atoms with van der Waals surface area (Å²) in [6.45, 7) is 0. The number of amides is 1. The summed E-state index contributed by atoms with van der Waals surface area (Å²) in [5.41, 5.74) is -1.72. The molecule has 0 radical (unpaired) electrons. The molecule has 38 heavy (non-hydrogen) atoms. The molecule has 0 saturated carbocycles. The van der Waals surface area contributed by atoms with E-state index in [0.717, 1.165) is 25.5 Å². The summed E-state index contributed by atoms with van der Waals surface area (Å²) in [4.78, 5) is 27.4. The van der Waals surface area contributed by atoms with Crippen LogP contribution in [0.25, 0.3) is 22.0 Å². The number of benzene rings is 3. The molecule has 0 aliphatic carbocycles. The minimum absolute atomic E-state index is 0.0217. The van der Waals surface area contributed by atoms with Crippen LogP contribution >= 0.6 is 0 Å². The van der Waals surface area contributed by atoms with Crippen molar-refractivity contribution < 1.29 is 41.0 Å². The number of methoxy groups -OCH3 is 1. The minimum atomic E-state index is -5.01. The zero-order chi connectivity index (χ0) is 27.8. The molecule has 4 aromatic rings. The Balaban J connectivity index is 1.68. The summed E-state index contributed by atoms with van der Waals surface area (Å²) in [6.07, 6.45) is -4.00. The molecule has 0 bridgehead atoms. The van der Waals surface area contributed by atoms with Crippen molar-refractivity contribution in [3.63, 3.8) is 0 Å². The van der Waals surface area contributed by atoms with Crippen molar-refractivity contribution in [1.82, 2.24) is 4.98 Å². The molecule has 1 amide bonds. The number of nitrogens with one attached hydrogen (secondary N) is 3. The summed E-state index contributed by atoms with van der Waals surface area (Å²) < 4.78 is 72.1. The Morgan fingerprint density at radius 1 is 1.00 bits per heavy atom. The molecule has 0 fully saturated rings. The van der Waals surface area contributed by atoms with Crippen LogP contribution in [0.5, 0.6) is 5.75 Å². The number of ether oxygens (including phenoxy) is 1. The Kier molecular flexibility index (Phi) is 6.80. The van der Waals surface area contributed by atoms with E-state index in [1.54, 1.807) is 6.07 Å². The highest BCUT2D eigenvalue weighted by Gasteiger charge is 2.40. The van der Waals surface area contributed by atoms with Crippen molar-refractivity contribution in [3.8, 4) is 16.9 Å².